The summed E-state index contributed by atoms with van der Waals surface area (Å²) in [5.74, 6) is 0. The van der Waals surface area contributed by atoms with Crippen molar-refractivity contribution in [2.24, 2.45) is 5.41 Å². The van der Waals surface area contributed by atoms with E-state index in [1.54, 1.807) is 6.08 Å². The minimum absolute atomic E-state index is 0.0375. The van der Waals surface area contributed by atoms with Crippen molar-refractivity contribution >= 4 is 0 Å². The van der Waals surface area contributed by atoms with Gasteiger partial charge < -0.3 is 5.11 Å². The Balaban J connectivity index is 4.31. The smallest absolute Gasteiger partial charge is 0.0692 e. The van der Waals surface area contributed by atoms with E-state index in [0.717, 1.165) is 6.42 Å². The third kappa shape index (κ3) is 7.37. The first-order valence-corrected chi connectivity index (χ1v) is 4.22. The summed E-state index contributed by atoms with van der Waals surface area (Å²) < 4.78 is 0. The molecule has 0 spiro atoms. The van der Waals surface area contributed by atoms with Gasteiger partial charge in [-0.25, -0.2) is 0 Å². The van der Waals surface area contributed by atoms with Gasteiger partial charge in [0.15, 0.2) is 0 Å². The van der Waals surface area contributed by atoms with Gasteiger partial charge in [-0.15, -0.1) is 0 Å². The van der Waals surface area contributed by atoms with Crippen molar-refractivity contribution in [3.63, 3.8) is 0 Å². The topological polar surface area (TPSA) is 20.2 Å². The quantitative estimate of drug-likeness (QED) is 0.625. The van der Waals surface area contributed by atoms with Crippen LogP contribution in [0.25, 0.3) is 0 Å². The van der Waals surface area contributed by atoms with Crippen LogP contribution >= 0.6 is 0 Å². The molecule has 0 aliphatic rings. The maximum Gasteiger partial charge on any atom is 0.0692 e. The van der Waals surface area contributed by atoms with E-state index in [0.29, 0.717) is 5.41 Å². The molecule has 0 amide bonds. The Hall–Kier alpha value is -0.740. The lowest BCUT2D eigenvalue weighted by Gasteiger charge is -2.16. The molecule has 0 aromatic rings. The van der Waals surface area contributed by atoms with Gasteiger partial charge >= 0.3 is 0 Å². The normalized spacial score (nSPS) is 10.1. The number of aliphatic hydroxyl groups excluding tert-OH is 1. The van der Waals surface area contributed by atoms with Gasteiger partial charge in [0.2, 0.25) is 0 Å². The Labute approximate surface area is 75.1 Å². The summed E-state index contributed by atoms with van der Waals surface area (Å²) in [6, 6.07) is 0. The predicted octanol–water partition coefficient (Wildman–Crippen LogP) is 2.67. The van der Waals surface area contributed by atoms with Crippen molar-refractivity contribution in [1.29, 1.82) is 0 Å². The SMILES string of the molecule is CC(=C=C=CCO)CC(C)(C)C. The summed E-state index contributed by atoms with van der Waals surface area (Å²) in [5, 5.41) is 8.44. The number of aliphatic hydroxyl groups is 1. The Kier molecular flexibility index (Phi) is 4.70. The summed E-state index contributed by atoms with van der Waals surface area (Å²) in [6.07, 6.45) is 2.57. The third-order valence-electron chi connectivity index (χ3n) is 1.27. The van der Waals surface area contributed by atoms with Gasteiger partial charge in [0.05, 0.1) is 6.61 Å². The van der Waals surface area contributed by atoms with Gasteiger partial charge in [-0.3, -0.25) is 0 Å². The van der Waals surface area contributed by atoms with Gasteiger partial charge in [0.1, 0.15) is 0 Å². The van der Waals surface area contributed by atoms with Gasteiger partial charge in [0.25, 0.3) is 0 Å². The molecular weight excluding hydrogens is 148 g/mol. The lowest BCUT2D eigenvalue weighted by Crippen LogP contribution is -2.04. The third-order valence-corrected chi connectivity index (χ3v) is 1.27. The fourth-order valence-electron chi connectivity index (χ4n) is 1.06. The molecule has 1 N–H and O–H groups in total. The fourth-order valence-corrected chi connectivity index (χ4v) is 1.06. The number of allylic oxidation sites excluding steroid dienone is 1. The van der Waals surface area contributed by atoms with E-state index in [2.05, 4.69) is 32.2 Å². The van der Waals surface area contributed by atoms with Crippen LogP contribution in [0.5, 0.6) is 0 Å². The van der Waals surface area contributed by atoms with E-state index < -0.39 is 0 Å². The Morgan fingerprint density at radius 1 is 1.42 bits per heavy atom. The van der Waals surface area contributed by atoms with Gasteiger partial charge in [-0.05, 0) is 30.4 Å². The van der Waals surface area contributed by atoms with Crippen LogP contribution in [0.3, 0.4) is 0 Å². The summed E-state index contributed by atoms with van der Waals surface area (Å²) in [4.78, 5) is 0. The van der Waals surface area contributed by atoms with Crippen LogP contribution in [0.2, 0.25) is 0 Å². The minimum Gasteiger partial charge on any atom is -0.392 e. The van der Waals surface area contributed by atoms with Crippen LogP contribution in [0.1, 0.15) is 34.1 Å². The molecule has 68 valence electrons. The molecule has 1 heteroatoms. The Morgan fingerprint density at radius 2 is 2.00 bits per heavy atom. The molecule has 0 atom stereocenters. The molecule has 0 aromatic heterocycles. The van der Waals surface area contributed by atoms with Crippen molar-refractivity contribution in [2.45, 2.75) is 34.1 Å². The second kappa shape index (κ2) is 5.00. The molecule has 0 radical (unpaired) electrons. The Bertz CT molecular complexity index is 218. The summed E-state index contributed by atoms with van der Waals surface area (Å²) in [5.41, 5.74) is 7.26. The number of hydrogen-bond donors (Lipinski definition) is 1. The second-order valence-corrected chi connectivity index (χ2v) is 4.17. The van der Waals surface area contributed by atoms with Crippen LogP contribution in [-0.4, -0.2) is 11.7 Å². The summed E-state index contributed by atoms with van der Waals surface area (Å²) >= 11 is 0. The van der Waals surface area contributed by atoms with Crippen LogP contribution in [0.4, 0.5) is 0 Å². The molecule has 0 aliphatic carbocycles. The molecule has 1 nitrogen and oxygen atoms in total. The van der Waals surface area contributed by atoms with Crippen LogP contribution in [0.15, 0.2) is 23.1 Å². The standard InChI is InChI=1S/C11H18O/c1-10(7-5-6-8-12)9-11(2,3)4/h6,12H,8-9H2,1-4H3. The average molecular weight is 166 g/mol. The molecular formula is C11H18O. The van der Waals surface area contributed by atoms with Crippen molar-refractivity contribution in [3.05, 3.63) is 23.1 Å². The predicted molar refractivity (Wildman–Crippen MR) is 51.9 cm³/mol. The first-order valence-electron chi connectivity index (χ1n) is 4.22. The van der Waals surface area contributed by atoms with Crippen LogP contribution < -0.4 is 0 Å². The summed E-state index contributed by atoms with van der Waals surface area (Å²) in [6.45, 7) is 8.63. The lowest BCUT2D eigenvalue weighted by molar-refractivity contribution is 0.343. The molecule has 0 rings (SSSR count). The highest BCUT2D eigenvalue weighted by atomic mass is 16.2. The van der Waals surface area contributed by atoms with Crippen LogP contribution in [0, 0.1) is 5.41 Å². The maximum absolute atomic E-state index is 8.44. The van der Waals surface area contributed by atoms with Crippen molar-refractivity contribution in [1.82, 2.24) is 0 Å². The largest absolute Gasteiger partial charge is 0.392 e. The zero-order valence-corrected chi connectivity index (χ0v) is 8.44. The van der Waals surface area contributed by atoms with Crippen molar-refractivity contribution < 1.29 is 5.11 Å². The number of hydrogen-bond acceptors (Lipinski definition) is 1. The molecule has 0 unspecified atom stereocenters. The molecule has 0 saturated heterocycles. The molecule has 0 saturated carbocycles. The molecule has 12 heavy (non-hydrogen) atoms. The zero-order chi connectivity index (χ0) is 9.61. The maximum atomic E-state index is 8.44. The second-order valence-electron chi connectivity index (χ2n) is 4.17. The van der Waals surface area contributed by atoms with E-state index in [1.165, 1.54) is 5.57 Å². The lowest BCUT2D eigenvalue weighted by atomic mass is 9.89. The molecule has 0 bridgehead atoms. The average Bonchev–Trinajstić information content (AvgIpc) is 1.84. The highest BCUT2D eigenvalue weighted by Gasteiger charge is 2.09. The van der Waals surface area contributed by atoms with E-state index in [-0.39, 0.29) is 6.61 Å². The minimum atomic E-state index is 0.0375. The van der Waals surface area contributed by atoms with E-state index >= 15 is 0 Å². The first-order chi connectivity index (χ1) is 5.45. The molecule has 0 aliphatic heterocycles. The molecule has 0 aromatic carbocycles. The van der Waals surface area contributed by atoms with Crippen molar-refractivity contribution in [3.8, 4) is 0 Å². The van der Waals surface area contributed by atoms with Gasteiger partial charge in [-0.2, -0.15) is 0 Å². The van der Waals surface area contributed by atoms with Gasteiger partial charge in [-0.1, -0.05) is 32.2 Å². The highest BCUT2D eigenvalue weighted by Crippen LogP contribution is 2.22. The van der Waals surface area contributed by atoms with E-state index in [1.807, 2.05) is 6.92 Å². The zero-order valence-electron chi connectivity index (χ0n) is 8.44. The summed E-state index contributed by atoms with van der Waals surface area (Å²) in [7, 11) is 0. The number of rotatable bonds is 2. The monoisotopic (exact) mass is 166 g/mol. The molecule has 0 heterocycles. The van der Waals surface area contributed by atoms with Gasteiger partial charge in [0, 0.05) is 0 Å². The van der Waals surface area contributed by atoms with Crippen LogP contribution in [-0.2, 0) is 0 Å². The highest BCUT2D eigenvalue weighted by molar-refractivity contribution is 5.00. The fraction of sp³-hybridized carbons (Fsp3) is 0.636. The van der Waals surface area contributed by atoms with Crippen molar-refractivity contribution in [2.75, 3.05) is 6.61 Å². The molecule has 0 fully saturated rings. The van der Waals surface area contributed by atoms with E-state index in [9.17, 15) is 0 Å². The first kappa shape index (κ1) is 11.3. The van der Waals surface area contributed by atoms with E-state index in [4.69, 9.17) is 5.11 Å². The Morgan fingerprint density at radius 3 is 2.42 bits per heavy atom.